The fraction of sp³-hybridized carbons (Fsp3) is 1.00. The molecule has 10 heavy (non-hydrogen) atoms. The van der Waals surface area contributed by atoms with Gasteiger partial charge < -0.3 is 0 Å². The Kier molecular flexibility index (Phi) is 8.13. The van der Waals surface area contributed by atoms with E-state index in [9.17, 15) is 0 Å². The summed E-state index contributed by atoms with van der Waals surface area (Å²) in [4.78, 5) is 0. The van der Waals surface area contributed by atoms with E-state index in [0.717, 1.165) is 6.42 Å². The second kappa shape index (κ2) is 7.68. The van der Waals surface area contributed by atoms with E-state index in [0.29, 0.717) is 5.88 Å². The van der Waals surface area contributed by atoms with Crippen molar-refractivity contribution in [2.24, 2.45) is 0 Å². The molecular weight excluding hydrogens is 167 g/mol. The highest BCUT2D eigenvalue weighted by Gasteiger charge is 2.00. The minimum Gasteiger partial charge on any atom is -0.125 e. The van der Waals surface area contributed by atoms with Crippen molar-refractivity contribution in [3.63, 3.8) is 0 Å². The standard InChI is InChI=1S/C8H16Cl2/c1-2-3-4-5-6-8(10)7-9/h8H,2-7H2,1H3/t8-/m1/s1. The first-order chi connectivity index (χ1) is 4.81. The molecule has 0 saturated heterocycles. The van der Waals surface area contributed by atoms with Crippen LogP contribution in [-0.2, 0) is 0 Å². The van der Waals surface area contributed by atoms with Gasteiger partial charge in [0.1, 0.15) is 0 Å². The van der Waals surface area contributed by atoms with Crippen molar-refractivity contribution < 1.29 is 0 Å². The van der Waals surface area contributed by atoms with Crippen molar-refractivity contribution in [3.05, 3.63) is 0 Å². The van der Waals surface area contributed by atoms with E-state index in [1.54, 1.807) is 0 Å². The van der Waals surface area contributed by atoms with E-state index in [2.05, 4.69) is 6.92 Å². The quantitative estimate of drug-likeness (QED) is 0.434. The fourth-order valence-corrected chi connectivity index (χ4v) is 1.18. The van der Waals surface area contributed by atoms with Gasteiger partial charge in [-0.1, -0.05) is 32.6 Å². The highest BCUT2D eigenvalue weighted by molar-refractivity contribution is 6.28. The molecule has 0 fully saturated rings. The largest absolute Gasteiger partial charge is 0.125 e. The highest BCUT2D eigenvalue weighted by atomic mass is 35.5. The molecule has 0 saturated carbocycles. The Balaban J connectivity index is 2.89. The predicted molar refractivity (Wildman–Crippen MR) is 49.1 cm³/mol. The molecular formula is C8H16Cl2. The van der Waals surface area contributed by atoms with Crippen molar-refractivity contribution in [2.75, 3.05) is 5.88 Å². The Bertz CT molecular complexity index is 64.3. The average Bonchev–Trinajstić information content (AvgIpc) is 1.98. The summed E-state index contributed by atoms with van der Waals surface area (Å²) in [5.74, 6) is 0.591. The van der Waals surface area contributed by atoms with Crippen LogP contribution in [0.3, 0.4) is 0 Å². The van der Waals surface area contributed by atoms with E-state index < -0.39 is 0 Å². The van der Waals surface area contributed by atoms with Gasteiger partial charge in [0.25, 0.3) is 0 Å². The molecule has 0 spiro atoms. The Morgan fingerprint density at radius 2 is 1.90 bits per heavy atom. The molecule has 0 heterocycles. The van der Waals surface area contributed by atoms with Crippen molar-refractivity contribution >= 4 is 23.2 Å². The van der Waals surface area contributed by atoms with Crippen molar-refractivity contribution in [1.29, 1.82) is 0 Å². The highest BCUT2D eigenvalue weighted by Crippen LogP contribution is 2.10. The SMILES string of the molecule is CCCCCC[C@@H](Cl)CCl. The van der Waals surface area contributed by atoms with Gasteiger partial charge in [0.2, 0.25) is 0 Å². The molecule has 0 radical (unpaired) electrons. The van der Waals surface area contributed by atoms with Crippen LogP contribution in [0.1, 0.15) is 39.0 Å². The third kappa shape index (κ3) is 6.70. The zero-order valence-electron chi connectivity index (χ0n) is 6.58. The van der Waals surface area contributed by atoms with Gasteiger partial charge in [-0.3, -0.25) is 0 Å². The van der Waals surface area contributed by atoms with Gasteiger partial charge in [0.15, 0.2) is 0 Å². The van der Waals surface area contributed by atoms with E-state index in [1.807, 2.05) is 0 Å². The smallest absolute Gasteiger partial charge is 0.0471 e. The number of hydrogen-bond acceptors (Lipinski definition) is 0. The van der Waals surface area contributed by atoms with Crippen LogP contribution in [0.2, 0.25) is 0 Å². The summed E-state index contributed by atoms with van der Waals surface area (Å²) in [6, 6.07) is 0. The zero-order valence-corrected chi connectivity index (χ0v) is 8.09. The second-order valence-electron chi connectivity index (χ2n) is 2.60. The Labute approximate surface area is 73.9 Å². The second-order valence-corrected chi connectivity index (χ2v) is 3.53. The molecule has 62 valence electrons. The van der Waals surface area contributed by atoms with E-state index in [-0.39, 0.29) is 5.38 Å². The predicted octanol–water partition coefficient (Wildman–Crippen LogP) is 3.80. The summed E-state index contributed by atoms with van der Waals surface area (Å²) >= 11 is 11.3. The maximum Gasteiger partial charge on any atom is 0.0471 e. The molecule has 0 unspecified atom stereocenters. The molecule has 0 aliphatic rings. The molecule has 0 aromatic rings. The summed E-state index contributed by atoms with van der Waals surface area (Å²) in [6.45, 7) is 2.21. The third-order valence-corrected chi connectivity index (χ3v) is 2.44. The molecule has 0 N–H and O–H groups in total. The number of alkyl halides is 2. The molecule has 1 atom stereocenters. The van der Waals surface area contributed by atoms with Gasteiger partial charge in [-0.15, -0.1) is 23.2 Å². The van der Waals surface area contributed by atoms with Crippen molar-refractivity contribution in [2.45, 2.75) is 44.4 Å². The molecule has 0 aliphatic carbocycles. The number of hydrogen-bond donors (Lipinski definition) is 0. The summed E-state index contributed by atoms with van der Waals surface area (Å²) in [7, 11) is 0. The van der Waals surface area contributed by atoms with E-state index >= 15 is 0 Å². The molecule has 0 aliphatic heterocycles. The van der Waals surface area contributed by atoms with Crippen LogP contribution in [-0.4, -0.2) is 11.3 Å². The van der Waals surface area contributed by atoms with Crippen LogP contribution in [0, 0.1) is 0 Å². The molecule has 0 aromatic heterocycles. The first kappa shape index (κ1) is 10.6. The lowest BCUT2D eigenvalue weighted by Gasteiger charge is -2.03. The van der Waals surface area contributed by atoms with E-state index in [4.69, 9.17) is 23.2 Å². The Morgan fingerprint density at radius 1 is 1.20 bits per heavy atom. The number of unbranched alkanes of at least 4 members (excludes halogenated alkanes) is 3. The maximum absolute atomic E-state index is 5.81. The lowest BCUT2D eigenvalue weighted by Crippen LogP contribution is -1.98. The van der Waals surface area contributed by atoms with Gasteiger partial charge in [0.05, 0.1) is 0 Å². The molecule has 0 rings (SSSR count). The van der Waals surface area contributed by atoms with Crippen LogP contribution in [0.25, 0.3) is 0 Å². The lowest BCUT2D eigenvalue weighted by atomic mass is 10.1. The van der Waals surface area contributed by atoms with Gasteiger partial charge in [-0.25, -0.2) is 0 Å². The van der Waals surface area contributed by atoms with Crippen molar-refractivity contribution in [1.82, 2.24) is 0 Å². The topological polar surface area (TPSA) is 0 Å². The van der Waals surface area contributed by atoms with Crippen LogP contribution in [0.4, 0.5) is 0 Å². The monoisotopic (exact) mass is 182 g/mol. The third-order valence-electron chi connectivity index (χ3n) is 1.54. The Hall–Kier alpha value is 0.580. The van der Waals surface area contributed by atoms with Crippen LogP contribution in [0.15, 0.2) is 0 Å². The summed E-state index contributed by atoms with van der Waals surface area (Å²) in [6.07, 6.45) is 6.22. The summed E-state index contributed by atoms with van der Waals surface area (Å²) in [5.41, 5.74) is 0. The van der Waals surface area contributed by atoms with Crippen molar-refractivity contribution in [3.8, 4) is 0 Å². The number of halogens is 2. The van der Waals surface area contributed by atoms with Crippen LogP contribution >= 0.6 is 23.2 Å². The van der Waals surface area contributed by atoms with Crippen LogP contribution < -0.4 is 0 Å². The summed E-state index contributed by atoms with van der Waals surface area (Å²) < 4.78 is 0. The van der Waals surface area contributed by atoms with Gasteiger partial charge >= 0.3 is 0 Å². The van der Waals surface area contributed by atoms with E-state index in [1.165, 1.54) is 25.7 Å². The fourth-order valence-electron chi connectivity index (χ4n) is 0.870. The maximum atomic E-state index is 5.81. The molecule has 0 aromatic carbocycles. The van der Waals surface area contributed by atoms with Gasteiger partial charge in [-0.05, 0) is 6.42 Å². The molecule has 2 heteroatoms. The average molecular weight is 183 g/mol. The molecule has 0 bridgehead atoms. The normalized spacial score (nSPS) is 13.5. The minimum absolute atomic E-state index is 0.193. The lowest BCUT2D eigenvalue weighted by molar-refractivity contribution is 0.629. The first-order valence-electron chi connectivity index (χ1n) is 4.01. The molecule has 0 nitrogen and oxygen atoms in total. The van der Waals surface area contributed by atoms with Gasteiger partial charge in [-0.2, -0.15) is 0 Å². The summed E-state index contributed by atoms with van der Waals surface area (Å²) in [5, 5.41) is 0.193. The first-order valence-corrected chi connectivity index (χ1v) is 4.98. The minimum atomic E-state index is 0.193. The number of rotatable bonds is 6. The molecule has 0 amide bonds. The van der Waals surface area contributed by atoms with Crippen LogP contribution in [0.5, 0.6) is 0 Å². The zero-order chi connectivity index (χ0) is 7.82. The van der Waals surface area contributed by atoms with Gasteiger partial charge in [0, 0.05) is 11.3 Å². The Morgan fingerprint density at radius 3 is 2.40 bits per heavy atom.